The quantitative estimate of drug-likeness (QED) is 0.604. The maximum atomic E-state index is 13.2. The smallest absolute Gasteiger partial charge is 0.137 e. The average Bonchev–Trinajstić information content (AvgIpc) is 2.77. The van der Waals surface area contributed by atoms with Crippen LogP contribution < -0.4 is 11.3 Å². The zero-order valence-corrected chi connectivity index (χ0v) is 13.3. The van der Waals surface area contributed by atoms with Crippen LogP contribution in [0, 0.1) is 5.82 Å². The first-order valence-corrected chi connectivity index (χ1v) is 7.71. The molecule has 18 heavy (non-hydrogen) atoms. The highest BCUT2D eigenvalue weighted by Crippen LogP contribution is 2.31. The number of thiophene rings is 1. The highest BCUT2D eigenvalue weighted by molar-refractivity contribution is 9.10. The SMILES string of the molecule is NNC(Cc1ccc(F)c(Br)c1)c1sccc1Br. The van der Waals surface area contributed by atoms with Crippen LogP contribution in [0.2, 0.25) is 0 Å². The van der Waals surface area contributed by atoms with Gasteiger partial charge in [0, 0.05) is 9.35 Å². The van der Waals surface area contributed by atoms with Gasteiger partial charge >= 0.3 is 0 Å². The molecule has 0 saturated carbocycles. The largest absolute Gasteiger partial charge is 0.271 e. The van der Waals surface area contributed by atoms with E-state index >= 15 is 0 Å². The van der Waals surface area contributed by atoms with Crippen LogP contribution in [0.1, 0.15) is 16.5 Å². The van der Waals surface area contributed by atoms with Crippen LogP contribution in [-0.4, -0.2) is 0 Å². The Morgan fingerprint density at radius 1 is 1.28 bits per heavy atom. The molecule has 2 rings (SSSR count). The molecule has 96 valence electrons. The Morgan fingerprint density at radius 3 is 2.61 bits per heavy atom. The van der Waals surface area contributed by atoms with E-state index in [0.717, 1.165) is 14.9 Å². The van der Waals surface area contributed by atoms with Crippen LogP contribution in [0.25, 0.3) is 0 Å². The molecule has 0 aliphatic carbocycles. The standard InChI is InChI=1S/C12H11Br2FN2S/c13-8-3-4-18-12(8)11(17-16)6-7-1-2-10(15)9(14)5-7/h1-5,11,17H,6,16H2. The van der Waals surface area contributed by atoms with Gasteiger partial charge in [-0.2, -0.15) is 0 Å². The summed E-state index contributed by atoms with van der Waals surface area (Å²) in [5.41, 5.74) is 3.82. The van der Waals surface area contributed by atoms with Gasteiger partial charge in [0.15, 0.2) is 0 Å². The van der Waals surface area contributed by atoms with Crippen LogP contribution in [0.3, 0.4) is 0 Å². The van der Waals surface area contributed by atoms with Gasteiger partial charge in [-0.1, -0.05) is 6.07 Å². The van der Waals surface area contributed by atoms with E-state index in [-0.39, 0.29) is 11.9 Å². The Bertz CT molecular complexity index is 545. The summed E-state index contributed by atoms with van der Waals surface area (Å²) in [6.07, 6.45) is 0.703. The van der Waals surface area contributed by atoms with Crippen molar-refractivity contribution >= 4 is 43.2 Å². The second-order valence-electron chi connectivity index (χ2n) is 3.80. The number of rotatable bonds is 4. The van der Waals surface area contributed by atoms with Crippen LogP contribution in [0.4, 0.5) is 4.39 Å². The van der Waals surface area contributed by atoms with E-state index in [0.29, 0.717) is 10.9 Å². The number of hydrazine groups is 1. The number of nitrogens with one attached hydrogen (secondary N) is 1. The summed E-state index contributed by atoms with van der Waals surface area (Å²) in [6.45, 7) is 0. The minimum absolute atomic E-state index is 0.0109. The molecule has 2 nitrogen and oxygen atoms in total. The predicted molar refractivity (Wildman–Crippen MR) is 79.9 cm³/mol. The predicted octanol–water partition coefficient (Wildman–Crippen LogP) is 4.16. The van der Waals surface area contributed by atoms with Crippen molar-refractivity contribution in [3.8, 4) is 0 Å². The third kappa shape index (κ3) is 3.19. The average molecular weight is 394 g/mol. The summed E-state index contributed by atoms with van der Waals surface area (Å²) in [7, 11) is 0. The molecule has 0 amide bonds. The minimum atomic E-state index is -0.256. The second-order valence-corrected chi connectivity index (χ2v) is 6.46. The zero-order chi connectivity index (χ0) is 13.1. The van der Waals surface area contributed by atoms with Gasteiger partial charge in [-0.3, -0.25) is 11.3 Å². The molecule has 1 heterocycles. The molecule has 0 radical (unpaired) electrons. The lowest BCUT2D eigenvalue weighted by Gasteiger charge is -2.15. The molecule has 0 saturated heterocycles. The Labute approximate surface area is 126 Å². The number of hydrogen-bond donors (Lipinski definition) is 2. The lowest BCUT2D eigenvalue weighted by Crippen LogP contribution is -2.29. The lowest BCUT2D eigenvalue weighted by molar-refractivity contribution is 0.557. The zero-order valence-electron chi connectivity index (χ0n) is 9.29. The molecular formula is C12H11Br2FN2S. The molecule has 0 bridgehead atoms. The van der Waals surface area contributed by atoms with Gasteiger partial charge in [0.1, 0.15) is 5.82 Å². The van der Waals surface area contributed by atoms with Crippen molar-refractivity contribution in [2.24, 2.45) is 5.84 Å². The Kier molecular flexibility index (Phi) is 4.91. The van der Waals surface area contributed by atoms with E-state index in [1.165, 1.54) is 6.07 Å². The Balaban J connectivity index is 2.20. The molecule has 0 spiro atoms. The number of benzene rings is 1. The molecule has 1 atom stereocenters. The fourth-order valence-electron chi connectivity index (χ4n) is 1.68. The van der Waals surface area contributed by atoms with Gasteiger partial charge in [0.05, 0.1) is 10.5 Å². The van der Waals surface area contributed by atoms with E-state index in [1.807, 2.05) is 11.4 Å². The molecular weight excluding hydrogens is 383 g/mol. The maximum Gasteiger partial charge on any atom is 0.137 e. The van der Waals surface area contributed by atoms with E-state index < -0.39 is 0 Å². The summed E-state index contributed by atoms with van der Waals surface area (Å²) >= 11 is 8.31. The number of nitrogens with two attached hydrogens (primary N) is 1. The van der Waals surface area contributed by atoms with Crippen LogP contribution in [0.5, 0.6) is 0 Å². The highest BCUT2D eigenvalue weighted by atomic mass is 79.9. The molecule has 6 heteroatoms. The van der Waals surface area contributed by atoms with E-state index in [4.69, 9.17) is 5.84 Å². The molecule has 1 aromatic heterocycles. The van der Waals surface area contributed by atoms with Crippen molar-refractivity contribution < 1.29 is 4.39 Å². The molecule has 1 unspecified atom stereocenters. The van der Waals surface area contributed by atoms with Crippen molar-refractivity contribution in [3.63, 3.8) is 0 Å². The van der Waals surface area contributed by atoms with Gasteiger partial charge in [-0.05, 0) is 67.4 Å². The maximum absolute atomic E-state index is 13.2. The minimum Gasteiger partial charge on any atom is -0.271 e. The van der Waals surface area contributed by atoms with Crippen LogP contribution >= 0.6 is 43.2 Å². The van der Waals surface area contributed by atoms with E-state index in [1.54, 1.807) is 23.5 Å². The monoisotopic (exact) mass is 392 g/mol. The normalized spacial score (nSPS) is 12.7. The fourth-order valence-corrected chi connectivity index (χ4v) is 3.82. The molecule has 0 aliphatic rings. The van der Waals surface area contributed by atoms with Gasteiger partial charge in [0.2, 0.25) is 0 Å². The molecule has 0 fully saturated rings. The molecule has 3 N–H and O–H groups in total. The second kappa shape index (κ2) is 6.25. The first kappa shape index (κ1) is 14.1. The summed E-state index contributed by atoms with van der Waals surface area (Å²) in [5, 5.41) is 2.00. The molecule has 0 aliphatic heterocycles. The fraction of sp³-hybridized carbons (Fsp3) is 0.167. The van der Waals surface area contributed by atoms with Crippen molar-refractivity contribution in [2.45, 2.75) is 12.5 Å². The lowest BCUT2D eigenvalue weighted by atomic mass is 10.1. The van der Waals surface area contributed by atoms with Gasteiger partial charge in [-0.15, -0.1) is 11.3 Å². The summed E-state index contributed by atoms with van der Waals surface area (Å²) < 4.78 is 14.7. The van der Waals surface area contributed by atoms with Crippen molar-refractivity contribution in [3.05, 3.63) is 54.8 Å². The summed E-state index contributed by atoms with van der Waals surface area (Å²) in [4.78, 5) is 1.14. The van der Waals surface area contributed by atoms with Gasteiger partial charge < -0.3 is 0 Å². The van der Waals surface area contributed by atoms with Crippen molar-refractivity contribution in [2.75, 3.05) is 0 Å². The van der Waals surface area contributed by atoms with Gasteiger partial charge in [-0.25, -0.2) is 4.39 Å². The topological polar surface area (TPSA) is 38.0 Å². The van der Waals surface area contributed by atoms with Gasteiger partial charge in [0.25, 0.3) is 0 Å². The number of halogens is 3. The highest BCUT2D eigenvalue weighted by Gasteiger charge is 2.15. The van der Waals surface area contributed by atoms with E-state index in [2.05, 4.69) is 37.3 Å². The van der Waals surface area contributed by atoms with Crippen molar-refractivity contribution in [1.82, 2.24) is 5.43 Å². The third-order valence-corrected chi connectivity index (χ3v) is 5.18. The summed E-state index contributed by atoms with van der Waals surface area (Å²) in [6, 6.07) is 7.01. The van der Waals surface area contributed by atoms with Crippen LogP contribution in [0.15, 0.2) is 38.6 Å². The molecule has 2 aromatic rings. The first-order chi connectivity index (χ1) is 8.61. The van der Waals surface area contributed by atoms with Crippen molar-refractivity contribution in [1.29, 1.82) is 0 Å². The van der Waals surface area contributed by atoms with Crippen LogP contribution in [-0.2, 0) is 6.42 Å². The summed E-state index contributed by atoms with van der Waals surface area (Å²) in [5.74, 6) is 5.34. The first-order valence-electron chi connectivity index (χ1n) is 5.24. The number of hydrogen-bond acceptors (Lipinski definition) is 3. The Morgan fingerprint density at radius 2 is 2.06 bits per heavy atom. The van der Waals surface area contributed by atoms with E-state index in [9.17, 15) is 4.39 Å². The third-order valence-electron chi connectivity index (χ3n) is 2.59. The Hall–Kier alpha value is -0.270. The molecule has 1 aromatic carbocycles.